The van der Waals surface area contributed by atoms with E-state index in [4.69, 9.17) is 18.9 Å². The Morgan fingerprint density at radius 3 is 2.52 bits per heavy atom. The van der Waals surface area contributed by atoms with Crippen molar-refractivity contribution in [2.24, 2.45) is 11.8 Å². The number of hydrogen-bond acceptors (Lipinski definition) is 7. The van der Waals surface area contributed by atoms with Crippen molar-refractivity contribution >= 4 is 17.9 Å². The third-order valence-electron chi connectivity index (χ3n) is 5.92. The molecule has 0 bridgehead atoms. The Labute approximate surface area is 196 Å². The van der Waals surface area contributed by atoms with Gasteiger partial charge in [-0.1, -0.05) is 29.9 Å². The van der Waals surface area contributed by atoms with Gasteiger partial charge in [-0.3, -0.25) is 14.4 Å². The number of ether oxygens (including phenoxy) is 4. The number of fused-ring (bicyclic) bond motifs is 1. The molecule has 0 amide bonds. The van der Waals surface area contributed by atoms with Crippen molar-refractivity contribution in [3.8, 4) is 0 Å². The summed E-state index contributed by atoms with van der Waals surface area (Å²) >= 11 is 0. The van der Waals surface area contributed by atoms with Crippen LogP contribution in [0.3, 0.4) is 0 Å². The first-order valence-electron chi connectivity index (χ1n) is 11.4. The first-order chi connectivity index (χ1) is 15.6. The van der Waals surface area contributed by atoms with Crippen LogP contribution in [0.5, 0.6) is 0 Å². The summed E-state index contributed by atoms with van der Waals surface area (Å²) in [6.07, 6.45) is 8.08. The van der Waals surface area contributed by atoms with E-state index in [1.165, 1.54) is 26.3 Å². The fourth-order valence-electron chi connectivity index (χ4n) is 4.29. The van der Waals surface area contributed by atoms with Crippen LogP contribution in [0.25, 0.3) is 0 Å². The SMILES string of the molecule is C=C1CCC(C)=CCCC2C(C(CC=C(C)COC(C)=O)OC(C)=O)=COC(OC(C)=O)C12. The van der Waals surface area contributed by atoms with Gasteiger partial charge in [0.15, 0.2) is 0 Å². The van der Waals surface area contributed by atoms with Gasteiger partial charge in [0.2, 0.25) is 6.29 Å². The van der Waals surface area contributed by atoms with E-state index in [1.54, 1.807) is 6.26 Å². The van der Waals surface area contributed by atoms with Crippen LogP contribution < -0.4 is 0 Å². The van der Waals surface area contributed by atoms with Crippen molar-refractivity contribution in [2.45, 2.75) is 79.1 Å². The van der Waals surface area contributed by atoms with Crippen LogP contribution in [0.2, 0.25) is 0 Å². The van der Waals surface area contributed by atoms with Gasteiger partial charge in [0.05, 0.1) is 12.2 Å². The van der Waals surface area contributed by atoms with Crippen molar-refractivity contribution in [3.63, 3.8) is 0 Å². The topological polar surface area (TPSA) is 88.1 Å². The van der Waals surface area contributed by atoms with E-state index in [1.807, 2.05) is 13.0 Å². The molecule has 1 aliphatic carbocycles. The maximum Gasteiger partial charge on any atom is 0.305 e. The molecule has 0 saturated carbocycles. The lowest BCUT2D eigenvalue weighted by Crippen LogP contribution is -2.41. The van der Waals surface area contributed by atoms with Crippen LogP contribution in [0.15, 0.2) is 47.3 Å². The third-order valence-corrected chi connectivity index (χ3v) is 5.92. The Balaban J connectivity index is 2.38. The first kappa shape index (κ1) is 26.4. The summed E-state index contributed by atoms with van der Waals surface area (Å²) in [6, 6.07) is 0. The zero-order chi connectivity index (χ0) is 24.5. The van der Waals surface area contributed by atoms with Crippen LogP contribution in [-0.2, 0) is 33.3 Å². The summed E-state index contributed by atoms with van der Waals surface area (Å²) in [5.41, 5.74) is 3.94. The zero-order valence-electron chi connectivity index (χ0n) is 20.3. The summed E-state index contributed by atoms with van der Waals surface area (Å²) in [6.45, 7) is 12.5. The lowest BCUT2D eigenvalue weighted by molar-refractivity contribution is -0.181. The van der Waals surface area contributed by atoms with Gasteiger partial charge >= 0.3 is 17.9 Å². The number of esters is 3. The summed E-state index contributed by atoms with van der Waals surface area (Å²) in [7, 11) is 0. The fourth-order valence-corrected chi connectivity index (χ4v) is 4.29. The number of hydrogen-bond donors (Lipinski definition) is 0. The molecule has 0 aromatic carbocycles. The molecule has 0 radical (unpaired) electrons. The monoisotopic (exact) mass is 460 g/mol. The summed E-state index contributed by atoms with van der Waals surface area (Å²) < 4.78 is 22.1. The molecule has 7 heteroatoms. The van der Waals surface area contributed by atoms with Crippen LogP contribution in [-0.4, -0.2) is 36.9 Å². The molecule has 0 aromatic rings. The maximum atomic E-state index is 11.9. The molecule has 0 saturated heterocycles. The molecule has 2 aliphatic rings. The van der Waals surface area contributed by atoms with E-state index in [-0.39, 0.29) is 24.4 Å². The van der Waals surface area contributed by atoms with Gasteiger partial charge in [-0.25, -0.2) is 0 Å². The summed E-state index contributed by atoms with van der Waals surface area (Å²) in [5.74, 6) is -1.47. The lowest BCUT2D eigenvalue weighted by Gasteiger charge is -2.40. The number of carbonyl (C=O) groups is 3. The molecule has 4 unspecified atom stereocenters. The molecule has 33 heavy (non-hydrogen) atoms. The van der Waals surface area contributed by atoms with Crippen molar-refractivity contribution < 1.29 is 33.3 Å². The van der Waals surface area contributed by atoms with Gasteiger partial charge < -0.3 is 18.9 Å². The van der Waals surface area contributed by atoms with Crippen molar-refractivity contribution in [1.29, 1.82) is 0 Å². The number of allylic oxidation sites excluding steroid dienone is 2. The molecule has 0 aromatic heterocycles. The van der Waals surface area contributed by atoms with Crippen molar-refractivity contribution in [2.75, 3.05) is 6.61 Å². The van der Waals surface area contributed by atoms with E-state index in [9.17, 15) is 14.4 Å². The normalized spacial score (nSPS) is 24.5. The fraction of sp³-hybridized carbons (Fsp3) is 0.577. The molecule has 1 heterocycles. The van der Waals surface area contributed by atoms with E-state index in [2.05, 4.69) is 19.6 Å². The van der Waals surface area contributed by atoms with Crippen LogP contribution in [0.1, 0.15) is 66.7 Å². The minimum atomic E-state index is -0.763. The van der Waals surface area contributed by atoms with E-state index >= 15 is 0 Å². The average Bonchev–Trinajstić information content (AvgIpc) is 2.79. The molecule has 7 nitrogen and oxygen atoms in total. The standard InChI is InChI=1S/C26H36O7/c1-16-8-7-9-22-23(15-31-26(33-21(6)29)25(22)18(3)12-10-16)24(32-20(5)28)13-11-17(2)14-30-19(4)27/h8,11,15,22,24-26H,3,7,9-10,12-14H2,1-2,4-6H3. The Bertz CT molecular complexity index is 849. The molecule has 0 fully saturated rings. The largest absolute Gasteiger partial charge is 0.462 e. The van der Waals surface area contributed by atoms with Gasteiger partial charge in [0, 0.05) is 38.7 Å². The van der Waals surface area contributed by atoms with E-state index in [0.717, 1.165) is 42.4 Å². The number of carbonyl (C=O) groups excluding carboxylic acids is 3. The minimum Gasteiger partial charge on any atom is -0.462 e. The summed E-state index contributed by atoms with van der Waals surface area (Å²) in [5, 5.41) is 0. The molecule has 0 spiro atoms. The molecule has 0 N–H and O–H groups in total. The predicted molar refractivity (Wildman–Crippen MR) is 124 cm³/mol. The van der Waals surface area contributed by atoms with Gasteiger partial charge in [-0.2, -0.15) is 0 Å². The molecule has 4 atom stereocenters. The van der Waals surface area contributed by atoms with E-state index in [0.29, 0.717) is 6.42 Å². The van der Waals surface area contributed by atoms with E-state index < -0.39 is 24.3 Å². The highest BCUT2D eigenvalue weighted by atomic mass is 16.7. The Kier molecular flexibility index (Phi) is 9.95. The predicted octanol–water partition coefficient (Wildman–Crippen LogP) is 4.93. The van der Waals surface area contributed by atoms with Crippen LogP contribution in [0.4, 0.5) is 0 Å². The maximum absolute atomic E-state index is 11.9. The molecule has 1 aliphatic heterocycles. The zero-order valence-corrected chi connectivity index (χ0v) is 20.3. The third kappa shape index (κ3) is 8.22. The second-order valence-corrected chi connectivity index (χ2v) is 8.81. The van der Waals surface area contributed by atoms with Crippen LogP contribution in [0, 0.1) is 11.8 Å². The quantitative estimate of drug-likeness (QED) is 0.302. The Morgan fingerprint density at radius 2 is 1.88 bits per heavy atom. The molecular weight excluding hydrogens is 424 g/mol. The van der Waals surface area contributed by atoms with Gasteiger partial charge in [-0.15, -0.1) is 0 Å². The van der Waals surface area contributed by atoms with Crippen LogP contribution >= 0.6 is 0 Å². The molecule has 182 valence electrons. The average molecular weight is 461 g/mol. The van der Waals surface area contributed by atoms with Crippen molar-refractivity contribution in [3.05, 3.63) is 47.3 Å². The van der Waals surface area contributed by atoms with Gasteiger partial charge in [0.1, 0.15) is 12.7 Å². The van der Waals surface area contributed by atoms with Gasteiger partial charge in [-0.05, 0) is 45.1 Å². The smallest absolute Gasteiger partial charge is 0.305 e. The lowest BCUT2D eigenvalue weighted by atomic mass is 9.74. The Hall–Kier alpha value is -2.83. The minimum absolute atomic E-state index is 0.0655. The number of rotatable bonds is 7. The Morgan fingerprint density at radius 1 is 1.15 bits per heavy atom. The molecule has 2 rings (SSSR count). The highest BCUT2D eigenvalue weighted by Gasteiger charge is 2.42. The first-order valence-corrected chi connectivity index (χ1v) is 11.4. The molecular formula is C26H36O7. The second-order valence-electron chi connectivity index (χ2n) is 8.81. The highest BCUT2D eigenvalue weighted by molar-refractivity contribution is 5.67. The highest BCUT2D eigenvalue weighted by Crippen LogP contribution is 2.43. The second kappa shape index (κ2) is 12.4. The van der Waals surface area contributed by atoms with Crippen molar-refractivity contribution in [1.82, 2.24) is 0 Å². The summed E-state index contributed by atoms with van der Waals surface area (Å²) in [4.78, 5) is 34.8. The van der Waals surface area contributed by atoms with Gasteiger partial charge in [0.25, 0.3) is 0 Å².